The molecule has 0 radical (unpaired) electrons. The quantitative estimate of drug-likeness (QED) is 0.0915. The average Bonchev–Trinajstić information content (AvgIpc) is 3.27. The third kappa shape index (κ3) is 17.1. The summed E-state index contributed by atoms with van der Waals surface area (Å²) in [4.78, 5) is 0. The molecule has 0 amide bonds. The SMILES string of the molecule is CCCCCCCCCCCC(=S)O[C@H]1[C@@H]([C@@H](O)CO)OC[C@H]1OC(=S)CCCCCCCCCCC. The molecule has 1 saturated heterocycles. The van der Waals surface area contributed by atoms with Crippen molar-refractivity contribution in [3.63, 3.8) is 0 Å². The van der Waals surface area contributed by atoms with Gasteiger partial charge in [-0.15, -0.1) is 0 Å². The molecule has 1 aliphatic heterocycles. The lowest BCUT2D eigenvalue weighted by Gasteiger charge is -2.27. The predicted molar refractivity (Wildman–Crippen MR) is 161 cm³/mol. The van der Waals surface area contributed by atoms with Crippen LogP contribution in [0.1, 0.15) is 142 Å². The summed E-state index contributed by atoms with van der Waals surface area (Å²) in [6, 6.07) is 0. The zero-order valence-electron chi connectivity index (χ0n) is 23.8. The monoisotopic (exact) mass is 560 g/mol. The van der Waals surface area contributed by atoms with Gasteiger partial charge in [-0.05, 0) is 37.3 Å². The molecule has 0 bridgehead atoms. The molecule has 0 aromatic rings. The van der Waals surface area contributed by atoms with Gasteiger partial charge in [-0.2, -0.15) is 0 Å². The maximum atomic E-state index is 10.2. The molecule has 7 heteroatoms. The van der Waals surface area contributed by atoms with Gasteiger partial charge in [-0.1, -0.05) is 117 Å². The summed E-state index contributed by atoms with van der Waals surface area (Å²) in [7, 11) is 0. The standard InChI is InChI=1S/C30H56O5S2/c1-3-5-7-9-11-13-15-17-19-21-27(36)34-26-24-33-29(25(32)23-31)30(26)35-28(37)22-20-18-16-14-12-10-8-6-4-2/h25-26,29-32H,3-24H2,1-2H3/t25-,26+,29+,30+/m0/s1. The lowest BCUT2D eigenvalue weighted by atomic mass is 10.1. The molecule has 1 aliphatic rings. The number of hydrogen-bond acceptors (Lipinski definition) is 7. The number of ether oxygens (including phenoxy) is 3. The van der Waals surface area contributed by atoms with Crippen LogP contribution in [-0.2, 0) is 14.2 Å². The van der Waals surface area contributed by atoms with E-state index in [2.05, 4.69) is 13.8 Å². The first-order valence-corrected chi connectivity index (χ1v) is 16.1. The maximum Gasteiger partial charge on any atom is 0.167 e. The van der Waals surface area contributed by atoms with E-state index < -0.39 is 31.0 Å². The summed E-state index contributed by atoms with van der Waals surface area (Å²) in [6.07, 6.45) is 21.4. The number of unbranched alkanes of at least 4 members (excludes halogenated alkanes) is 16. The third-order valence-corrected chi connectivity index (χ3v) is 7.83. The van der Waals surface area contributed by atoms with Crippen molar-refractivity contribution in [2.45, 2.75) is 167 Å². The van der Waals surface area contributed by atoms with Crippen LogP contribution < -0.4 is 0 Å². The van der Waals surface area contributed by atoms with Crippen molar-refractivity contribution in [2.24, 2.45) is 0 Å². The molecule has 0 aromatic heterocycles. The van der Waals surface area contributed by atoms with E-state index in [4.69, 9.17) is 38.6 Å². The van der Waals surface area contributed by atoms with Crippen molar-refractivity contribution in [1.82, 2.24) is 0 Å². The van der Waals surface area contributed by atoms with Gasteiger partial charge in [-0.25, -0.2) is 0 Å². The minimum atomic E-state index is -1.04. The molecule has 4 atom stereocenters. The molecule has 0 aromatic carbocycles. The van der Waals surface area contributed by atoms with E-state index in [1.54, 1.807) is 0 Å². The second-order valence-corrected chi connectivity index (χ2v) is 11.6. The van der Waals surface area contributed by atoms with E-state index in [0.29, 0.717) is 16.5 Å². The fourth-order valence-electron chi connectivity index (χ4n) is 4.88. The predicted octanol–water partition coefficient (Wildman–Crippen LogP) is 8.01. The van der Waals surface area contributed by atoms with Crippen LogP contribution in [0.3, 0.4) is 0 Å². The Balaban J connectivity index is 2.31. The Kier molecular flexibility index (Phi) is 22.1. The Morgan fingerprint density at radius 3 is 1.54 bits per heavy atom. The second-order valence-electron chi connectivity index (χ2n) is 10.7. The molecular formula is C30H56O5S2. The molecule has 0 spiro atoms. The molecular weight excluding hydrogens is 504 g/mol. The van der Waals surface area contributed by atoms with Gasteiger partial charge in [0.2, 0.25) is 0 Å². The fraction of sp³-hybridized carbons (Fsp3) is 0.933. The van der Waals surface area contributed by atoms with Crippen LogP contribution in [0.4, 0.5) is 0 Å². The smallest absolute Gasteiger partial charge is 0.167 e. The average molecular weight is 561 g/mol. The Hall–Kier alpha value is -0.340. The van der Waals surface area contributed by atoms with Crippen LogP contribution in [0.5, 0.6) is 0 Å². The van der Waals surface area contributed by atoms with E-state index >= 15 is 0 Å². The first-order chi connectivity index (χ1) is 18.0. The summed E-state index contributed by atoms with van der Waals surface area (Å²) in [6.45, 7) is 4.37. The van der Waals surface area contributed by atoms with E-state index in [1.165, 1.54) is 89.9 Å². The van der Waals surface area contributed by atoms with E-state index in [9.17, 15) is 10.2 Å². The molecule has 2 N–H and O–H groups in total. The normalized spacial score (nSPS) is 20.2. The van der Waals surface area contributed by atoms with Crippen molar-refractivity contribution in [3.05, 3.63) is 0 Å². The number of aliphatic hydroxyl groups excluding tert-OH is 2. The summed E-state index contributed by atoms with van der Waals surface area (Å²) >= 11 is 11.0. The Morgan fingerprint density at radius 2 is 1.11 bits per heavy atom. The molecule has 37 heavy (non-hydrogen) atoms. The van der Waals surface area contributed by atoms with Gasteiger partial charge < -0.3 is 24.4 Å². The van der Waals surface area contributed by atoms with Crippen molar-refractivity contribution in [2.75, 3.05) is 13.2 Å². The van der Waals surface area contributed by atoms with Crippen LogP contribution in [0.15, 0.2) is 0 Å². The third-order valence-electron chi connectivity index (χ3n) is 7.23. The molecule has 5 nitrogen and oxygen atoms in total. The zero-order chi connectivity index (χ0) is 27.1. The lowest BCUT2D eigenvalue weighted by Crippen LogP contribution is -2.44. The highest BCUT2D eigenvalue weighted by atomic mass is 32.1. The zero-order valence-corrected chi connectivity index (χ0v) is 25.4. The number of thiocarbonyl (C=S) groups is 2. The Morgan fingerprint density at radius 1 is 0.703 bits per heavy atom. The molecule has 218 valence electrons. The highest BCUT2D eigenvalue weighted by Gasteiger charge is 2.45. The van der Waals surface area contributed by atoms with E-state index in [1.807, 2.05) is 0 Å². The molecule has 1 fully saturated rings. The van der Waals surface area contributed by atoms with Crippen LogP contribution in [-0.4, -0.2) is 57.9 Å². The Labute approximate surface area is 238 Å². The van der Waals surface area contributed by atoms with Crippen LogP contribution >= 0.6 is 24.4 Å². The molecule has 1 rings (SSSR count). The van der Waals surface area contributed by atoms with Crippen molar-refractivity contribution < 1.29 is 24.4 Å². The van der Waals surface area contributed by atoms with E-state index in [0.717, 1.165) is 32.1 Å². The fourth-order valence-corrected chi connectivity index (χ4v) is 5.41. The van der Waals surface area contributed by atoms with Crippen LogP contribution in [0.25, 0.3) is 0 Å². The van der Waals surface area contributed by atoms with Gasteiger partial charge in [-0.3, -0.25) is 0 Å². The van der Waals surface area contributed by atoms with Crippen molar-refractivity contribution >= 4 is 34.5 Å². The molecule has 0 saturated carbocycles. The van der Waals surface area contributed by atoms with Gasteiger partial charge in [0.15, 0.2) is 22.3 Å². The minimum absolute atomic E-state index is 0.269. The van der Waals surface area contributed by atoms with Crippen molar-refractivity contribution in [1.29, 1.82) is 0 Å². The number of rotatable bonds is 24. The number of hydrogen-bond donors (Lipinski definition) is 2. The van der Waals surface area contributed by atoms with E-state index in [-0.39, 0.29) is 6.61 Å². The van der Waals surface area contributed by atoms with Gasteiger partial charge in [0.1, 0.15) is 12.2 Å². The maximum absolute atomic E-state index is 10.2. The lowest BCUT2D eigenvalue weighted by molar-refractivity contribution is -0.0639. The topological polar surface area (TPSA) is 68.2 Å². The highest BCUT2D eigenvalue weighted by molar-refractivity contribution is 7.80. The van der Waals surface area contributed by atoms with Crippen molar-refractivity contribution in [3.8, 4) is 0 Å². The van der Waals surface area contributed by atoms with Gasteiger partial charge in [0, 0.05) is 12.8 Å². The molecule has 0 aliphatic carbocycles. The summed E-state index contributed by atoms with van der Waals surface area (Å²) in [5.41, 5.74) is 0. The van der Waals surface area contributed by atoms with Crippen LogP contribution in [0.2, 0.25) is 0 Å². The Bertz CT molecular complexity index is 574. The molecule has 0 unspecified atom stereocenters. The largest absolute Gasteiger partial charge is 0.477 e. The minimum Gasteiger partial charge on any atom is -0.477 e. The summed E-state index contributed by atoms with van der Waals surface area (Å²) < 4.78 is 17.9. The number of aliphatic hydroxyl groups is 2. The van der Waals surface area contributed by atoms with Gasteiger partial charge >= 0.3 is 0 Å². The van der Waals surface area contributed by atoms with Crippen LogP contribution in [0, 0.1) is 0 Å². The first kappa shape index (κ1) is 34.7. The second kappa shape index (κ2) is 23.5. The summed E-state index contributed by atoms with van der Waals surface area (Å²) in [5, 5.41) is 20.8. The molecule has 1 heterocycles. The first-order valence-electron chi connectivity index (χ1n) is 15.3. The highest BCUT2D eigenvalue weighted by Crippen LogP contribution is 2.26. The summed E-state index contributed by atoms with van der Waals surface area (Å²) in [5.74, 6) is 0. The van der Waals surface area contributed by atoms with Gasteiger partial charge in [0.25, 0.3) is 0 Å². The van der Waals surface area contributed by atoms with Gasteiger partial charge in [0.05, 0.1) is 13.2 Å².